The van der Waals surface area contributed by atoms with Gasteiger partial charge in [-0.3, -0.25) is 0 Å². The molecule has 1 aliphatic heterocycles. The summed E-state index contributed by atoms with van der Waals surface area (Å²) in [6, 6.07) is 6.41. The summed E-state index contributed by atoms with van der Waals surface area (Å²) in [4.78, 5) is 32.7. The first kappa shape index (κ1) is 26.8. The Morgan fingerprint density at radius 1 is 1.03 bits per heavy atom. The first-order chi connectivity index (χ1) is 16.4. The van der Waals surface area contributed by atoms with Crippen molar-refractivity contribution >= 4 is 33.8 Å². The van der Waals surface area contributed by atoms with E-state index in [4.69, 9.17) is 4.74 Å². The number of hydrogen-bond donors (Lipinski definition) is 0. The first-order valence-electron chi connectivity index (χ1n) is 13.1. The van der Waals surface area contributed by atoms with Crippen molar-refractivity contribution in [1.82, 2.24) is 14.5 Å². The molecule has 2 aromatic rings. The van der Waals surface area contributed by atoms with Gasteiger partial charge in [0.1, 0.15) is 0 Å². The van der Waals surface area contributed by atoms with Crippen molar-refractivity contribution in [3.63, 3.8) is 0 Å². The summed E-state index contributed by atoms with van der Waals surface area (Å²) in [6.07, 6.45) is 8.97. The fraction of sp³-hybridized carbons (Fsp3) is 0.593. The van der Waals surface area contributed by atoms with Crippen molar-refractivity contribution in [1.29, 1.82) is 0 Å². The molecule has 1 aromatic carbocycles. The third kappa shape index (κ3) is 5.37. The van der Waals surface area contributed by atoms with E-state index in [1.54, 1.807) is 18.2 Å². The van der Waals surface area contributed by atoms with Gasteiger partial charge in [0.25, 0.3) is 0 Å². The van der Waals surface area contributed by atoms with E-state index in [0.29, 0.717) is 18.8 Å². The summed E-state index contributed by atoms with van der Waals surface area (Å²) in [5.41, 5.74) is 2.75. The number of ether oxygens (including phenoxy) is 1. The zero-order valence-electron chi connectivity index (χ0n) is 21.7. The monoisotopic (exact) mass is 575 g/mol. The molecule has 0 radical (unpaired) electrons. The Morgan fingerprint density at radius 2 is 1.65 bits per heavy atom. The second-order valence-electron chi connectivity index (χ2n) is 9.58. The minimum absolute atomic E-state index is 0.0645. The predicted octanol–water partition coefficient (Wildman–Crippen LogP) is 5.69. The first-order valence-corrected chi connectivity index (χ1v) is 20.5. The number of benzene rings is 1. The molecule has 3 rings (SSSR count). The third-order valence-electron chi connectivity index (χ3n) is 7.18. The molecule has 0 bridgehead atoms. The molecule has 0 N–H and O–H groups in total. The number of nitrogens with zero attached hydrogens (tertiary/aromatic N) is 3. The zero-order chi connectivity index (χ0) is 24.7. The molecule has 0 saturated carbocycles. The number of hydrogen-bond acceptors (Lipinski definition) is 4. The van der Waals surface area contributed by atoms with E-state index in [1.165, 1.54) is 55.4 Å². The van der Waals surface area contributed by atoms with Crippen LogP contribution in [0.5, 0.6) is 0 Å². The Labute approximate surface area is 209 Å². The van der Waals surface area contributed by atoms with Crippen LogP contribution in [0.25, 0.3) is 5.69 Å². The Kier molecular flexibility index (Phi) is 9.63. The van der Waals surface area contributed by atoms with E-state index in [2.05, 4.69) is 37.9 Å². The van der Waals surface area contributed by atoms with Crippen LogP contribution >= 0.6 is 0 Å². The van der Waals surface area contributed by atoms with Gasteiger partial charge >= 0.3 is 210 Å². The van der Waals surface area contributed by atoms with E-state index in [9.17, 15) is 9.59 Å². The number of esters is 1. The van der Waals surface area contributed by atoms with Gasteiger partial charge in [0.05, 0.1) is 0 Å². The van der Waals surface area contributed by atoms with Gasteiger partial charge < -0.3 is 0 Å². The maximum atomic E-state index is 13.9. The van der Waals surface area contributed by atoms with Gasteiger partial charge in [-0.25, -0.2) is 0 Å². The summed E-state index contributed by atoms with van der Waals surface area (Å²) in [5.74, 6) is -0.367. The molecule has 2 heterocycles. The van der Waals surface area contributed by atoms with Gasteiger partial charge in [0, 0.05) is 0 Å². The quantitative estimate of drug-likeness (QED) is 0.242. The standard InChI is InChI=1S/C15H14N3O3.3C4H9.Sn/c1-3-21-15(20)13-12-8-17(2)14(19)10-6-4-5-7-11(10)18(12)9-16-13;3*1-3-4-2;/h4-5,7,9H,3,8H2,1-2H3;3*1,3-4H2,2H3;. The number of imidazole rings is 1. The second-order valence-corrected chi connectivity index (χ2v) is 22.7. The molecule has 186 valence electrons. The van der Waals surface area contributed by atoms with Crippen LogP contribution in [-0.2, 0) is 11.3 Å². The van der Waals surface area contributed by atoms with Crippen LogP contribution in [0.4, 0.5) is 0 Å². The number of unbranched alkanes of at least 4 members (excludes halogenated alkanes) is 3. The van der Waals surface area contributed by atoms with Crippen LogP contribution in [0, 0.1) is 0 Å². The summed E-state index contributed by atoms with van der Waals surface area (Å²) in [7, 11) is 1.84. The van der Waals surface area contributed by atoms with Gasteiger partial charge in [-0.1, -0.05) is 0 Å². The molecule has 34 heavy (non-hydrogen) atoms. The van der Waals surface area contributed by atoms with Crippen molar-refractivity contribution in [2.75, 3.05) is 13.7 Å². The maximum absolute atomic E-state index is 13.9. The van der Waals surface area contributed by atoms with Crippen LogP contribution in [-0.4, -0.2) is 58.4 Å². The third-order valence-corrected chi connectivity index (χ3v) is 22.9. The molecule has 0 saturated heterocycles. The Hall–Kier alpha value is -1.83. The van der Waals surface area contributed by atoms with E-state index in [-0.39, 0.29) is 5.91 Å². The molecule has 0 aliphatic carbocycles. The van der Waals surface area contributed by atoms with E-state index in [1.807, 2.05) is 17.7 Å². The van der Waals surface area contributed by atoms with Crippen LogP contribution in [0.15, 0.2) is 24.5 Å². The Morgan fingerprint density at radius 3 is 2.21 bits per heavy atom. The molecule has 0 spiro atoms. The van der Waals surface area contributed by atoms with Crippen molar-refractivity contribution in [2.45, 2.75) is 86.1 Å². The predicted molar refractivity (Wildman–Crippen MR) is 140 cm³/mol. The second kappa shape index (κ2) is 12.2. The summed E-state index contributed by atoms with van der Waals surface area (Å²) >= 11 is -2.90. The van der Waals surface area contributed by atoms with Gasteiger partial charge in [-0.15, -0.1) is 0 Å². The van der Waals surface area contributed by atoms with Crippen LogP contribution in [0.1, 0.15) is 92.8 Å². The number of aromatic nitrogens is 2. The number of carbonyl (C=O) groups excluding carboxylic acids is 2. The van der Waals surface area contributed by atoms with Gasteiger partial charge in [-0.05, 0) is 0 Å². The van der Waals surface area contributed by atoms with Crippen molar-refractivity contribution in [2.24, 2.45) is 0 Å². The molecular weight excluding hydrogens is 533 g/mol. The average molecular weight is 574 g/mol. The molecule has 0 fully saturated rings. The molecule has 7 heteroatoms. The van der Waals surface area contributed by atoms with Gasteiger partial charge in [-0.2, -0.15) is 0 Å². The average Bonchev–Trinajstić information content (AvgIpc) is 3.22. The molecule has 1 amide bonds. The minimum atomic E-state index is -2.90. The summed E-state index contributed by atoms with van der Waals surface area (Å²) in [5, 5.41) is 0. The number of fused-ring (bicyclic) bond motifs is 3. The molecule has 1 aliphatic rings. The Bertz CT molecular complexity index is 979. The molecule has 6 nitrogen and oxygen atoms in total. The molecular formula is C27H41N3O3Sn. The van der Waals surface area contributed by atoms with Crippen LogP contribution in [0.3, 0.4) is 0 Å². The van der Waals surface area contributed by atoms with Crippen molar-refractivity contribution in [3.8, 4) is 5.69 Å². The van der Waals surface area contributed by atoms with E-state index >= 15 is 0 Å². The normalized spacial score (nSPS) is 13.4. The number of rotatable bonds is 12. The SMILES string of the molecule is CCC[CH2][Sn]([CH2]CCC)([CH2]CCC)[c]1cccc2c1C(=O)N(C)Cc1c(C(=O)OCC)ncn1-2. The van der Waals surface area contributed by atoms with Crippen LogP contribution in [0.2, 0.25) is 13.3 Å². The van der Waals surface area contributed by atoms with Gasteiger partial charge in [0.15, 0.2) is 0 Å². The Balaban J connectivity index is 2.24. The fourth-order valence-electron chi connectivity index (χ4n) is 5.32. The summed E-state index contributed by atoms with van der Waals surface area (Å²) < 4.78 is 12.5. The van der Waals surface area contributed by atoms with E-state index < -0.39 is 24.3 Å². The topological polar surface area (TPSA) is 64.4 Å². The van der Waals surface area contributed by atoms with Crippen molar-refractivity contribution in [3.05, 3.63) is 41.5 Å². The van der Waals surface area contributed by atoms with Crippen molar-refractivity contribution < 1.29 is 14.3 Å². The molecule has 0 atom stereocenters. The van der Waals surface area contributed by atoms with Crippen LogP contribution < -0.4 is 3.58 Å². The van der Waals surface area contributed by atoms with E-state index in [0.717, 1.165) is 16.9 Å². The molecule has 1 aromatic heterocycles. The number of amides is 1. The number of carbonyl (C=O) groups is 2. The molecule has 0 unspecified atom stereocenters. The fourth-order valence-corrected chi connectivity index (χ4v) is 22.1. The van der Waals surface area contributed by atoms with Gasteiger partial charge in [0.2, 0.25) is 0 Å². The zero-order valence-corrected chi connectivity index (χ0v) is 24.5. The summed E-state index contributed by atoms with van der Waals surface area (Å²) in [6.45, 7) is 9.24.